The summed E-state index contributed by atoms with van der Waals surface area (Å²) < 4.78 is 40.5. The van der Waals surface area contributed by atoms with Gasteiger partial charge in [0.25, 0.3) is 6.43 Å². The van der Waals surface area contributed by atoms with Crippen molar-refractivity contribution in [3.8, 4) is 11.1 Å². The second kappa shape index (κ2) is 8.63. The number of hydrogen-bond acceptors (Lipinski definition) is 3. The Kier molecular flexibility index (Phi) is 5.88. The molecule has 1 aromatic heterocycles. The molecule has 2 heterocycles. The predicted octanol–water partition coefficient (Wildman–Crippen LogP) is 5.57. The fourth-order valence-electron chi connectivity index (χ4n) is 3.70. The largest absolute Gasteiger partial charge is 0.325 e. The van der Waals surface area contributed by atoms with Gasteiger partial charge in [0.15, 0.2) is 0 Å². The molecule has 0 radical (unpaired) electrons. The van der Waals surface area contributed by atoms with Crippen LogP contribution in [0.1, 0.15) is 30.5 Å². The number of aromatic nitrogens is 1. The van der Waals surface area contributed by atoms with E-state index in [9.17, 15) is 22.8 Å². The summed E-state index contributed by atoms with van der Waals surface area (Å²) in [7, 11) is 0. The number of nitrogens with zero attached hydrogens (tertiary/aromatic N) is 2. The third kappa shape index (κ3) is 4.05. The average Bonchev–Trinajstić information content (AvgIpc) is 2.84. The lowest BCUT2D eigenvalue weighted by molar-refractivity contribution is -0.122. The van der Waals surface area contributed by atoms with Gasteiger partial charge in [0.2, 0.25) is 11.8 Å². The molecule has 9 heteroatoms. The van der Waals surface area contributed by atoms with Gasteiger partial charge in [-0.05, 0) is 37.3 Å². The highest BCUT2D eigenvalue weighted by molar-refractivity contribution is 6.31. The van der Waals surface area contributed by atoms with Gasteiger partial charge in [-0.2, -0.15) is 0 Å². The zero-order valence-electron chi connectivity index (χ0n) is 16.8. The van der Waals surface area contributed by atoms with Gasteiger partial charge in [-0.1, -0.05) is 29.8 Å². The molecular weight excluding hydrogens is 443 g/mol. The van der Waals surface area contributed by atoms with Crippen molar-refractivity contribution >= 4 is 34.8 Å². The number of pyridine rings is 1. The minimum absolute atomic E-state index is 0.0713. The molecule has 3 aromatic rings. The molecule has 164 valence electrons. The number of amides is 2. The number of fused-ring (bicyclic) bond motifs is 3. The third-order valence-corrected chi connectivity index (χ3v) is 5.45. The Hall–Kier alpha value is -3.39. The minimum atomic E-state index is -2.62. The van der Waals surface area contributed by atoms with Crippen LogP contribution in [-0.4, -0.2) is 23.3 Å². The first-order valence-corrected chi connectivity index (χ1v) is 10.1. The Morgan fingerprint density at radius 2 is 1.94 bits per heavy atom. The molecular formula is C23H17ClF3N3O2. The van der Waals surface area contributed by atoms with E-state index in [1.165, 1.54) is 41.4 Å². The SMILES string of the molecule is C[C@@H]1C(=O)N(CC(=O)Nc2ccc(C(F)F)cc2)c2cc(Cl)cc(F)c2-c2cccnc21. The van der Waals surface area contributed by atoms with E-state index in [1.54, 1.807) is 19.1 Å². The number of anilines is 2. The maximum absolute atomic E-state index is 15.0. The lowest BCUT2D eigenvalue weighted by Gasteiger charge is -2.24. The van der Waals surface area contributed by atoms with E-state index in [0.29, 0.717) is 11.3 Å². The van der Waals surface area contributed by atoms with Gasteiger partial charge in [0.05, 0.1) is 17.3 Å². The summed E-state index contributed by atoms with van der Waals surface area (Å²) in [5.41, 5.74) is 1.24. The van der Waals surface area contributed by atoms with Crippen LogP contribution in [0.15, 0.2) is 54.7 Å². The van der Waals surface area contributed by atoms with Crippen LogP contribution in [0.25, 0.3) is 11.1 Å². The molecule has 0 saturated heterocycles. The second-order valence-corrected chi connectivity index (χ2v) is 7.77. The first kappa shape index (κ1) is 21.8. The Labute approximate surface area is 186 Å². The van der Waals surface area contributed by atoms with Crippen LogP contribution in [-0.2, 0) is 9.59 Å². The van der Waals surface area contributed by atoms with Crippen molar-refractivity contribution in [3.63, 3.8) is 0 Å². The summed E-state index contributed by atoms with van der Waals surface area (Å²) in [5.74, 6) is -2.42. The van der Waals surface area contributed by atoms with Crippen LogP contribution in [0, 0.1) is 5.82 Å². The number of carbonyl (C=O) groups excluding carboxylic acids is 2. The van der Waals surface area contributed by atoms with Crippen LogP contribution >= 0.6 is 11.6 Å². The van der Waals surface area contributed by atoms with Crippen LogP contribution in [0.3, 0.4) is 0 Å². The van der Waals surface area contributed by atoms with E-state index >= 15 is 0 Å². The van der Waals surface area contributed by atoms with Gasteiger partial charge in [0, 0.05) is 33.6 Å². The molecule has 2 amide bonds. The van der Waals surface area contributed by atoms with Gasteiger partial charge in [-0.15, -0.1) is 0 Å². The van der Waals surface area contributed by atoms with Gasteiger partial charge >= 0.3 is 0 Å². The number of carbonyl (C=O) groups is 2. The Morgan fingerprint density at radius 1 is 1.22 bits per heavy atom. The molecule has 0 saturated carbocycles. The van der Waals surface area contributed by atoms with Crippen LogP contribution in [0.4, 0.5) is 24.5 Å². The maximum Gasteiger partial charge on any atom is 0.263 e. The molecule has 0 fully saturated rings. The Morgan fingerprint density at radius 3 is 2.62 bits per heavy atom. The number of benzene rings is 2. The normalized spacial score (nSPS) is 15.2. The fraction of sp³-hybridized carbons (Fsp3) is 0.174. The Balaban J connectivity index is 1.69. The van der Waals surface area contributed by atoms with Crippen molar-refractivity contribution < 1.29 is 22.8 Å². The lowest BCUT2D eigenvalue weighted by Crippen LogP contribution is -2.40. The van der Waals surface area contributed by atoms with Gasteiger partial charge in [0.1, 0.15) is 12.4 Å². The van der Waals surface area contributed by atoms with E-state index in [-0.39, 0.29) is 27.5 Å². The molecule has 0 spiro atoms. The molecule has 0 bridgehead atoms. The quantitative estimate of drug-likeness (QED) is 0.555. The van der Waals surface area contributed by atoms with Crippen molar-refractivity contribution in [1.29, 1.82) is 0 Å². The standard InChI is InChI=1S/C23H17ClF3N3O2/c1-12-21-16(3-2-8-28-21)20-17(25)9-14(24)10-18(20)30(23(12)32)11-19(31)29-15-6-4-13(5-7-15)22(26)27/h2-10,12,22H,11H2,1H3,(H,29,31)/t12-/m0/s1. The number of rotatable bonds is 4. The highest BCUT2D eigenvalue weighted by atomic mass is 35.5. The van der Waals surface area contributed by atoms with Crippen molar-refractivity contribution in [2.24, 2.45) is 0 Å². The fourth-order valence-corrected chi connectivity index (χ4v) is 3.90. The summed E-state index contributed by atoms with van der Waals surface area (Å²) in [6.07, 6.45) is -1.11. The molecule has 32 heavy (non-hydrogen) atoms. The van der Waals surface area contributed by atoms with Gasteiger partial charge in [-0.3, -0.25) is 14.6 Å². The summed E-state index contributed by atoms with van der Waals surface area (Å²) in [6.45, 7) is 1.20. The Bertz CT molecular complexity index is 1200. The summed E-state index contributed by atoms with van der Waals surface area (Å²) in [5, 5.41) is 2.64. The minimum Gasteiger partial charge on any atom is -0.325 e. The molecule has 4 rings (SSSR count). The highest BCUT2D eigenvalue weighted by Crippen LogP contribution is 2.42. The molecule has 0 aliphatic carbocycles. The predicted molar refractivity (Wildman–Crippen MR) is 115 cm³/mol. The molecule has 5 nitrogen and oxygen atoms in total. The number of hydrogen-bond donors (Lipinski definition) is 1. The molecule has 1 aliphatic heterocycles. The van der Waals surface area contributed by atoms with Crippen LogP contribution in [0.5, 0.6) is 0 Å². The van der Waals surface area contributed by atoms with Crippen LogP contribution < -0.4 is 10.2 Å². The van der Waals surface area contributed by atoms with Crippen LogP contribution in [0.2, 0.25) is 5.02 Å². The van der Waals surface area contributed by atoms with E-state index in [2.05, 4.69) is 10.3 Å². The first-order chi connectivity index (χ1) is 15.3. The highest BCUT2D eigenvalue weighted by Gasteiger charge is 2.35. The van der Waals surface area contributed by atoms with Crippen molar-refractivity contribution in [3.05, 3.63) is 76.8 Å². The summed E-state index contributed by atoms with van der Waals surface area (Å²) in [6, 6.07) is 11.0. The smallest absolute Gasteiger partial charge is 0.263 e. The van der Waals surface area contributed by atoms with E-state index in [4.69, 9.17) is 11.6 Å². The number of nitrogens with one attached hydrogen (secondary N) is 1. The molecule has 1 atom stereocenters. The zero-order chi connectivity index (χ0) is 23.0. The van der Waals surface area contributed by atoms with Gasteiger partial charge in [-0.25, -0.2) is 13.2 Å². The zero-order valence-corrected chi connectivity index (χ0v) is 17.5. The lowest BCUT2D eigenvalue weighted by atomic mass is 9.97. The van der Waals surface area contributed by atoms with E-state index in [1.807, 2.05) is 0 Å². The third-order valence-electron chi connectivity index (χ3n) is 5.23. The van der Waals surface area contributed by atoms with Crippen molar-refractivity contribution in [1.82, 2.24) is 4.98 Å². The summed E-state index contributed by atoms with van der Waals surface area (Å²) in [4.78, 5) is 31.4. The van der Waals surface area contributed by atoms with E-state index in [0.717, 1.165) is 6.07 Å². The molecule has 1 N–H and O–H groups in total. The van der Waals surface area contributed by atoms with E-state index < -0.39 is 36.5 Å². The molecule has 1 aliphatic rings. The maximum atomic E-state index is 15.0. The summed E-state index contributed by atoms with van der Waals surface area (Å²) >= 11 is 6.06. The molecule has 2 aromatic carbocycles. The first-order valence-electron chi connectivity index (χ1n) is 9.70. The second-order valence-electron chi connectivity index (χ2n) is 7.33. The molecule has 0 unspecified atom stereocenters. The monoisotopic (exact) mass is 459 g/mol. The topological polar surface area (TPSA) is 62.3 Å². The van der Waals surface area contributed by atoms with Gasteiger partial charge < -0.3 is 10.2 Å². The van der Waals surface area contributed by atoms with Crippen molar-refractivity contribution in [2.45, 2.75) is 19.3 Å². The average molecular weight is 460 g/mol. The number of alkyl halides is 2. The van der Waals surface area contributed by atoms with Crippen molar-refractivity contribution in [2.75, 3.05) is 16.8 Å². The number of halogens is 4.